The Morgan fingerprint density at radius 3 is 2.81 bits per heavy atom. The van der Waals surface area contributed by atoms with E-state index in [0.29, 0.717) is 13.2 Å². The number of fused-ring (bicyclic) bond motifs is 1. The van der Waals surface area contributed by atoms with Gasteiger partial charge in [0.15, 0.2) is 5.82 Å². The van der Waals surface area contributed by atoms with Gasteiger partial charge in [-0.1, -0.05) is 12.1 Å². The first kappa shape index (κ1) is 15.5. The molecular weight excluding hydrogens is 348 g/mol. The van der Waals surface area contributed by atoms with Crippen molar-refractivity contribution in [3.05, 3.63) is 53.0 Å². The van der Waals surface area contributed by atoms with Crippen molar-refractivity contribution < 1.29 is 4.74 Å². The minimum Gasteiger partial charge on any atom is -0.378 e. The topological polar surface area (TPSA) is 60.5 Å². The molecule has 1 fully saturated rings. The molecule has 0 aliphatic carbocycles. The lowest BCUT2D eigenvalue weighted by molar-refractivity contribution is 0.121. The average Bonchev–Trinajstić information content (AvgIpc) is 3.42. The molecule has 7 nitrogen and oxygen atoms in total. The fourth-order valence-electron chi connectivity index (χ4n) is 3.27. The minimum atomic E-state index is 0.716. The van der Waals surface area contributed by atoms with Crippen LogP contribution in [0, 0.1) is 0 Å². The second-order valence-corrected chi connectivity index (χ2v) is 7.20. The molecule has 1 aliphatic heterocycles. The SMILES string of the molecule is c1csc(Cn2c(-c3ncc4ccccn34)nnc2N2CCOCC2)c1. The van der Waals surface area contributed by atoms with Gasteiger partial charge in [0, 0.05) is 24.2 Å². The normalized spacial score (nSPS) is 15.0. The number of hydrogen-bond donors (Lipinski definition) is 0. The molecule has 0 unspecified atom stereocenters. The van der Waals surface area contributed by atoms with Gasteiger partial charge < -0.3 is 9.64 Å². The number of aromatic nitrogens is 5. The molecule has 0 bridgehead atoms. The highest BCUT2D eigenvalue weighted by Gasteiger charge is 2.23. The Balaban J connectivity index is 1.63. The molecule has 8 heteroatoms. The molecule has 0 amide bonds. The van der Waals surface area contributed by atoms with Crippen molar-refractivity contribution in [3.8, 4) is 11.6 Å². The van der Waals surface area contributed by atoms with Crippen LogP contribution in [0.4, 0.5) is 5.95 Å². The maximum absolute atomic E-state index is 5.49. The van der Waals surface area contributed by atoms with Crippen LogP contribution < -0.4 is 4.90 Å². The maximum atomic E-state index is 5.49. The van der Waals surface area contributed by atoms with Crippen LogP contribution in [0.15, 0.2) is 48.1 Å². The summed E-state index contributed by atoms with van der Waals surface area (Å²) in [6.45, 7) is 3.81. The van der Waals surface area contributed by atoms with Crippen LogP contribution >= 0.6 is 11.3 Å². The first-order chi connectivity index (χ1) is 12.9. The number of thiophene rings is 1. The molecule has 1 aliphatic rings. The van der Waals surface area contributed by atoms with Crippen LogP contribution in [0.25, 0.3) is 17.2 Å². The molecule has 0 atom stereocenters. The van der Waals surface area contributed by atoms with Crippen LogP contribution in [-0.2, 0) is 11.3 Å². The Labute approximate surface area is 154 Å². The van der Waals surface area contributed by atoms with Crippen molar-refractivity contribution >= 4 is 22.8 Å². The standard InChI is InChI=1S/C18H18N6OS/c1-2-6-23-14(4-1)12-19-16(23)17-20-21-18(22-7-9-25-10-8-22)24(17)13-15-5-3-11-26-15/h1-6,11-12H,7-10,13H2. The van der Waals surface area contributed by atoms with Crippen molar-refractivity contribution in [3.63, 3.8) is 0 Å². The fraction of sp³-hybridized carbons (Fsp3) is 0.278. The quantitative estimate of drug-likeness (QED) is 0.555. The Morgan fingerprint density at radius 1 is 1.04 bits per heavy atom. The van der Waals surface area contributed by atoms with Gasteiger partial charge in [0.1, 0.15) is 0 Å². The third-order valence-corrected chi connectivity index (χ3v) is 5.42. The first-order valence-corrected chi connectivity index (χ1v) is 9.49. The summed E-state index contributed by atoms with van der Waals surface area (Å²) in [4.78, 5) is 8.12. The van der Waals surface area contributed by atoms with E-state index < -0.39 is 0 Å². The number of imidazole rings is 1. The van der Waals surface area contributed by atoms with Crippen molar-refractivity contribution in [2.45, 2.75) is 6.54 Å². The summed E-state index contributed by atoms with van der Waals surface area (Å²) in [7, 11) is 0. The maximum Gasteiger partial charge on any atom is 0.228 e. The zero-order valence-electron chi connectivity index (χ0n) is 14.2. The summed E-state index contributed by atoms with van der Waals surface area (Å²) >= 11 is 1.74. The van der Waals surface area contributed by atoms with Crippen LogP contribution in [0.2, 0.25) is 0 Å². The van der Waals surface area contributed by atoms with E-state index in [1.54, 1.807) is 11.3 Å². The number of nitrogens with zero attached hydrogens (tertiary/aromatic N) is 6. The number of anilines is 1. The highest BCUT2D eigenvalue weighted by atomic mass is 32.1. The highest BCUT2D eigenvalue weighted by molar-refractivity contribution is 7.09. The van der Waals surface area contributed by atoms with Gasteiger partial charge in [-0.15, -0.1) is 21.5 Å². The second-order valence-electron chi connectivity index (χ2n) is 6.17. The predicted octanol–water partition coefficient (Wildman–Crippen LogP) is 2.54. The summed E-state index contributed by atoms with van der Waals surface area (Å²) in [6, 6.07) is 10.3. The van der Waals surface area contributed by atoms with E-state index in [1.807, 2.05) is 30.6 Å². The van der Waals surface area contributed by atoms with Crippen LogP contribution in [-0.4, -0.2) is 50.5 Å². The first-order valence-electron chi connectivity index (χ1n) is 8.61. The van der Waals surface area contributed by atoms with Crippen LogP contribution in [0.5, 0.6) is 0 Å². The lowest BCUT2D eigenvalue weighted by Gasteiger charge is -2.27. The molecule has 0 N–H and O–H groups in total. The van der Waals surface area contributed by atoms with Crippen molar-refractivity contribution in [1.29, 1.82) is 0 Å². The van der Waals surface area contributed by atoms with Gasteiger partial charge in [0.2, 0.25) is 11.8 Å². The van der Waals surface area contributed by atoms with Gasteiger partial charge >= 0.3 is 0 Å². The molecule has 26 heavy (non-hydrogen) atoms. The average molecular weight is 366 g/mol. The Kier molecular flexibility index (Phi) is 3.91. The number of hydrogen-bond acceptors (Lipinski definition) is 6. The molecule has 0 aromatic carbocycles. The molecule has 5 rings (SSSR count). The molecular formula is C18H18N6OS. The van der Waals surface area contributed by atoms with E-state index in [-0.39, 0.29) is 0 Å². The molecule has 0 radical (unpaired) electrons. The smallest absolute Gasteiger partial charge is 0.228 e. The zero-order chi connectivity index (χ0) is 17.3. The minimum absolute atomic E-state index is 0.716. The monoisotopic (exact) mass is 366 g/mol. The second kappa shape index (κ2) is 6.54. The summed E-state index contributed by atoms with van der Waals surface area (Å²) in [5.41, 5.74) is 1.04. The van der Waals surface area contributed by atoms with Crippen molar-refractivity contribution in [2.24, 2.45) is 0 Å². The predicted molar refractivity (Wildman–Crippen MR) is 101 cm³/mol. The molecule has 132 valence electrons. The molecule has 0 saturated carbocycles. The number of morpholine rings is 1. The Hall–Kier alpha value is -2.71. The largest absolute Gasteiger partial charge is 0.378 e. The Bertz CT molecular complexity index is 1020. The molecule has 1 saturated heterocycles. The van der Waals surface area contributed by atoms with E-state index in [0.717, 1.165) is 42.7 Å². The van der Waals surface area contributed by atoms with E-state index in [4.69, 9.17) is 4.74 Å². The van der Waals surface area contributed by atoms with Gasteiger partial charge in [-0.2, -0.15) is 0 Å². The number of pyridine rings is 1. The van der Waals surface area contributed by atoms with E-state index in [9.17, 15) is 0 Å². The summed E-state index contributed by atoms with van der Waals surface area (Å²) in [5, 5.41) is 11.1. The molecule has 0 spiro atoms. The molecule has 4 aromatic heterocycles. The van der Waals surface area contributed by atoms with Crippen LogP contribution in [0.3, 0.4) is 0 Å². The summed E-state index contributed by atoms with van der Waals surface area (Å²) in [6.07, 6.45) is 3.88. The van der Waals surface area contributed by atoms with Gasteiger partial charge in [0.05, 0.1) is 31.5 Å². The molecule has 5 heterocycles. The van der Waals surface area contributed by atoms with Gasteiger partial charge in [-0.25, -0.2) is 4.98 Å². The van der Waals surface area contributed by atoms with Crippen molar-refractivity contribution in [2.75, 3.05) is 31.2 Å². The number of rotatable bonds is 4. The Morgan fingerprint density at radius 2 is 1.96 bits per heavy atom. The van der Waals surface area contributed by atoms with Gasteiger partial charge in [-0.05, 0) is 23.6 Å². The lowest BCUT2D eigenvalue weighted by Crippen LogP contribution is -2.38. The molecule has 4 aromatic rings. The third-order valence-electron chi connectivity index (χ3n) is 4.56. The highest BCUT2D eigenvalue weighted by Crippen LogP contribution is 2.25. The van der Waals surface area contributed by atoms with Gasteiger partial charge in [0.25, 0.3) is 0 Å². The van der Waals surface area contributed by atoms with E-state index in [2.05, 4.69) is 46.6 Å². The van der Waals surface area contributed by atoms with E-state index >= 15 is 0 Å². The van der Waals surface area contributed by atoms with Crippen LogP contribution in [0.1, 0.15) is 4.88 Å². The summed E-state index contributed by atoms with van der Waals surface area (Å²) in [5.74, 6) is 2.47. The number of ether oxygens (including phenoxy) is 1. The fourth-order valence-corrected chi connectivity index (χ4v) is 3.96. The lowest BCUT2D eigenvalue weighted by atomic mass is 10.4. The third kappa shape index (κ3) is 2.67. The van der Waals surface area contributed by atoms with Gasteiger partial charge in [-0.3, -0.25) is 8.97 Å². The summed E-state index contributed by atoms with van der Waals surface area (Å²) < 4.78 is 9.71. The zero-order valence-corrected chi connectivity index (χ0v) is 15.0. The van der Waals surface area contributed by atoms with Crippen molar-refractivity contribution in [1.82, 2.24) is 24.1 Å². The van der Waals surface area contributed by atoms with E-state index in [1.165, 1.54) is 4.88 Å².